The van der Waals surface area contributed by atoms with Gasteiger partial charge < -0.3 is 10.2 Å². The molecule has 4 heterocycles. The molecule has 0 unspecified atom stereocenters. The molecule has 1 aliphatic heterocycles. The average molecular weight is 369 g/mol. The second-order valence-corrected chi connectivity index (χ2v) is 7.45. The van der Waals surface area contributed by atoms with E-state index in [9.17, 15) is 9.59 Å². The Morgan fingerprint density at radius 1 is 1.35 bits per heavy atom. The number of piperidine rings is 1. The Bertz CT molecular complexity index is 950. The standard InChI is InChI=1S/C18H19N5O2S/c1-12-8-19-16-14(9-20-23(16)10-12)17(24)21-13-4-2-6-22(11-13)18(25)15-5-3-7-26-15/h3,5,7-10,13H,2,4,6,11H2,1H3,(H,21,24)/t13-/m0/s1. The molecule has 1 N–H and O–H groups in total. The van der Waals surface area contributed by atoms with Crippen molar-refractivity contribution in [3.05, 3.63) is 52.1 Å². The fourth-order valence-electron chi connectivity index (χ4n) is 3.23. The van der Waals surface area contributed by atoms with E-state index in [2.05, 4.69) is 15.4 Å². The number of aromatic nitrogens is 3. The molecule has 0 saturated carbocycles. The van der Waals surface area contributed by atoms with Crippen LogP contribution in [0.1, 0.15) is 38.4 Å². The molecule has 3 aromatic rings. The van der Waals surface area contributed by atoms with Crippen LogP contribution < -0.4 is 5.32 Å². The van der Waals surface area contributed by atoms with E-state index in [-0.39, 0.29) is 17.9 Å². The zero-order chi connectivity index (χ0) is 18.1. The van der Waals surface area contributed by atoms with Crippen LogP contribution in [0.15, 0.2) is 36.1 Å². The molecule has 134 valence electrons. The number of thiophene rings is 1. The van der Waals surface area contributed by atoms with Crippen molar-refractivity contribution < 1.29 is 9.59 Å². The summed E-state index contributed by atoms with van der Waals surface area (Å²) in [5.74, 6) is -0.168. The van der Waals surface area contributed by atoms with Gasteiger partial charge in [0.15, 0.2) is 5.65 Å². The Morgan fingerprint density at radius 2 is 2.23 bits per heavy atom. The van der Waals surface area contributed by atoms with Gasteiger partial charge in [0.25, 0.3) is 11.8 Å². The number of hydrogen-bond donors (Lipinski definition) is 1. The Labute approximate surface area is 154 Å². The number of carbonyl (C=O) groups excluding carboxylic acids is 2. The van der Waals surface area contributed by atoms with E-state index >= 15 is 0 Å². The topological polar surface area (TPSA) is 79.6 Å². The van der Waals surface area contributed by atoms with Crippen LogP contribution >= 0.6 is 11.3 Å². The van der Waals surface area contributed by atoms with E-state index in [0.717, 1.165) is 29.8 Å². The summed E-state index contributed by atoms with van der Waals surface area (Å²) in [6.45, 7) is 3.17. The van der Waals surface area contributed by atoms with Gasteiger partial charge in [0, 0.05) is 31.5 Å². The summed E-state index contributed by atoms with van der Waals surface area (Å²) >= 11 is 1.44. The van der Waals surface area contributed by atoms with Crippen LogP contribution in [0.5, 0.6) is 0 Å². The third kappa shape index (κ3) is 3.20. The Kier molecular flexibility index (Phi) is 4.42. The van der Waals surface area contributed by atoms with E-state index in [1.165, 1.54) is 17.5 Å². The molecule has 0 aromatic carbocycles. The van der Waals surface area contributed by atoms with Crippen LogP contribution in [0.25, 0.3) is 5.65 Å². The predicted octanol–water partition coefficient (Wildman–Crippen LogP) is 2.13. The van der Waals surface area contributed by atoms with Crippen molar-refractivity contribution in [1.29, 1.82) is 0 Å². The fraction of sp³-hybridized carbons (Fsp3) is 0.333. The van der Waals surface area contributed by atoms with Gasteiger partial charge in [0.2, 0.25) is 0 Å². The maximum Gasteiger partial charge on any atom is 0.263 e. The third-order valence-corrected chi connectivity index (χ3v) is 5.36. The second-order valence-electron chi connectivity index (χ2n) is 6.50. The molecule has 1 aliphatic rings. The Balaban J connectivity index is 1.46. The zero-order valence-electron chi connectivity index (χ0n) is 14.4. The number of hydrogen-bond acceptors (Lipinski definition) is 5. The van der Waals surface area contributed by atoms with Gasteiger partial charge >= 0.3 is 0 Å². The molecule has 8 heteroatoms. The van der Waals surface area contributed by atoms with E-state index in [1.54, 1.807) is 10.7 Å². The minimum absolute atomic E-state index is 0.0343. The van der Waals surface area contributed by atoms with Gasteiger partial charge in [-0.3, -0.25) is 9.59 Å². The van der Waals surface area contributed by atoms with Crippen LogP contribution in [-0.2, 0) is 0 Å². The van der Waals surface area contributed by atoms with Gasteiger partial charge in [-0.1, -0.05) is 6.07 Å². The van der Waals surface area contributed by atoms with E-state index in [1.807, 2.05) is 35.5 Å². The molecule has 7 nitrogen and oxygen atoms in total. The Morgan fingerprint density at radius 3 is 3.04 bits per heavy atom. The summed E-state index contributed by atoms with van der Waals surface area (Å²) in [7, 11) is 0. The van der Waals surface area contributed by atoms with Crippen LogP contribution in [0.2, 0.25) is 0 Å². The molecule has 2 amide bonds. The number of aryl methyl sites for hydroxylation is 1. The number of likely N-dealkylation sites (tertiary alicyclic amines) is 1. The molecular weight excluding hydrogens is 350 g/mol. The lowest BCUT2D eigenvalue weighted by atomic mass is 10.0. The number of nitrogens with one attached hydrogen (secondary N) is 1. The van der Waals surface area contributed by atoms with Gasteiger partial charge in [0.1, 0.15) is 5.56 Å². The highest BCUT2D eigenvalue weighted by Crippen LogP contribution is 2.18. The quantitative estimate of drug-likeness (QED) is 0.767. The summed E-state index contributed by atoms with van der Waals surface area (Å²) in [5, 5.41) is 9.14. The number of carbonyl (C=O) groups is 2. The van der Waals surface area contributed by atoms with E-state index in [0.29, 0.717) is 17.8 Å². The number of nitrogens with zero attached hydrogens (tertiary/aromatic N) is 4. The van der Waals surface area contributed by atoms with Crippen LogP contribution in [0.3, 0.4) is 0 Å². The summed E-state index contributed by atoms with van der Waals surface area (Å²) < 4.78 is 1.61. The lowest BCUT2D eigenvalue weighted by Crippen LogP contribution is -2.49. The SMILES string of the molecule is Cc1cnc2c(C(=O)N[C@H]3CCCN(C(=O)c4cccs4)C3)cnn2c1. The first-order chi connectivity index (χ1) is 12.6. The van der Waals surface area contributed by atoms with Crippen molar-refractivity contribution in [2.45, 2.75) is 25.8 Å². The van der Waals surface area contributed by atoms with Crippen LogP contribution in [0, 0.1) is 6.92 Å². The lowest BCUT2D eigenvalue weighted by molar-refractivity contribution is 0.0680. The molecular formula is C18H19N5O2S. The summed E-state index contributed by atoms with van der Waals surface area (Å²) in [6.07, 6.45) is 6.81. The predicted molar refractivity (Wildman–Crippen MR) is 98.4 cm³/mol. The summed E-state index contributed by atoms with van der Waals surface area (Å²) in [6, 6.07) is 3.64. The number of rotatable bonds is 3. The van der Waals surface area contributed by atoms with Crippen LogP contribution in [-0.4, -0.2) is 50.4 Å². The lowest BCUT2D eigenvalue weighted by Gasteiger charge is -2.32. The first-order valence-electron chi connectivity index (χ1n) is 8.55. The van der Waals surface area contributed by atoms with Crippen molar-refractivity contribution in [1.82, 2.24) is 24.8 Å². The third-order valence-electron chi connectivity index (χ3n) is 4.51. The second kappa shape index (κ2) is 6.87. The maximum atomic E-state index is 12.7. The molecule has 1 saturated heterocycles. The molecule has 0 spiro atoms. The van der Waals surface area contributed by atoms with Crippen molar-refractivity contribution >= 4 is 28.8 Å². The zero-order valence-corrected chi connectivity index (χ0v) is 15.2. The van der Waals surface area contributed by atoms with Gasteiger partial charge in [-0.25, -0.2) is 9.50 Å². The average Bonchev–Trinajstić information content (AvgIpc) is 3.30. The normalized spacial score (nSPS) is 17.4. The van der Waals surface area contributed by atoms with E-state index < -0.39 is 0 Å². The minimum Gasteiger partial charge on any atom is -0.347 e. The molecule has 26 heavy (non-hydrogen) atoms. The first kappa shape index (κ1) is 16.7. The number of amides is 2. The van der Waals surface area contributed by atoms with Crippen molar-refractivity contribution in [2.24, 2.45) is 0 Å². The monoisotopic (exact) mass is 369 g/mol. The molecule has 0 aliphatic carbocycles. The number of fused-ring (bicyclic) bond motifs is 1. The largest absolute Gasteiger partial charge is 0.347 e. The highest BCUT2D eigenvalue weighted by atomic mass is 32.1. The first-order valence-corrected chi connectivity index (χ1v) is 9.43. The molecule has 4 rings (SSSR count). The fourth-order valence-corrected chi connectivity index (χ4v) is 3.92. The van der Waals surface area contributed by atoms with Gasteiger partial charge in [-0.05, 0) is 36.8 Å². The highest BCUT2D eigenvalue weighted by Gasteiger charge is 2.27. The van der Waals surface area contributed by atoms with Gasteiger partial charge in [-0.2, -0.15) is 5.10 Å². The molecule has 3 aromatic heterocycles. The highest BCUT2D eigenvalue weighted by molar-refractivity contribution is 7.12. The van der Waals surface area contributed by atoms with Gasteiger partial charge in [0.05, 0.1) is 11.1 Å². The van der Waals surface area contributed by atoms with Crippen molar-refractivity contribution in [3.63, 3.8) is 0 Å². The smallest absolute Gasteiger partial charge is 0.263 e. The minimum atomic E-state index is -0.202. The van der Waals surface area contributed by atoms with Crippen molar-refractivity contribution in [3.8, 4) is 0 Å². The summed E-state index contributed by atoms with van der Waals surface area (Å²) in [5.41, 5.74) is 1.96. The van der Waals surface area contributed by atoms with Crippen molar-refractivity contribution in [2.75, 3.05) is 13.1 Å². The molecule has 0 radical (unpaired) electrons. The van der Waals surface area contributed by atoms with E-state index in [4.69, 9.17) is 0 Å². The molecule has 1 fully saturated rings. The summed E-state index contributed by atoms with van der Waals surface area (Å²) in [4.78, 5) is 32.1. The van der Waals surface area contributed by atoms with Crippen LogP contribution in [0.4, 0.5) is 0 Å². The molecule has 0 bridgehead atoms. The maximum absolute atomic E-state index is 12.7. The molecule has 1 atom stereocenters. The van der Waals surface area contributed by atoms with Gasteiger partial charge in [-0.15, -0.1) is 11.3 Å². The Hall–Kier alpha value is -2.74.